The molecule has 2 heterocycles. The number of amides is 5. The zero-order chi connectivity index (χ0) is 35.2. The minimum absolute atomic E-state index is 0.00286. The molecule has 1 saturated heterocycles. The zero-order valence-electron chi connectivity index (χ0n) is 26.0. The number of nitriles is 1. The summed E-state index contributed by atoms with van der Waals surface area (Å²) in [6.07, 6.45) is -1.92. The molecule has 2 unspecified atom stereocenters. The van der Waals surface area contributed by atoms with Gasteiger partial charge in [0.25, 0.3) is 17.9 Å². The van der Waals surface area contributed by atoms with E-state index in [1.54, 1.807) is 6.07 Å². The van der Waals surface area contributed by atoms with Crippen LogP contribution in [0.2, 0.25) is 5.02 Å². The minimum atomic E-state index is -3.00. The van der Waals surface area contributed by atoms with E-state index in [2.05, 4.69) is 10.3 Å². The molecule has 0 radical (unpaired) electrons. The van der Waals surface area contributed by atoms with Gasteiger partial charge in [-0.25, -0.2) is 27.8 Å². The van der Waals surface area contributed by atoms with Crippen LogP contribution in [0.5, 0.6) is 0 Å². The van der Waals surface area contributed by atoms with E-state index in [0.29, 0.717) is 0 Å². The quantitative estimate of drug-likeness (QED) is 0.356. The van der Waals surface area contributed by atoms with Crippen LogP contribution in [0.1, 0.15) is 50.8 Å². The van der Waals surface area contributed by atoms with E-state index >= 15 is 4.79 Å². The van der Waals surface area contributed by atoms with Gasteiger partial charge in [0.1, 0.15) is 29.8 Å². The number of carbonyl (C=O) groups excluding carboxylic acids is 4. The highest BCUT2D eigenvalue weighted by Crippen LogP contribution is 2.41. The Kier molecular flexibility index (Phi) is 8.98. The molecule has 2 fully saturated rings. The third-order valence-corrected chi connectivity index (χ3v) is 8.97. The first-order chi connectivity index (χ1) is 22.5. The molecule has 3 aromatic rings. The van der Waals surface area contributed by atoms with Crippen LogP contribution >= 0.6 is 11.6 Å². The van der Waals surface area contributed by atoms with Gasteiger partial charge in [0.2, 0.25) is 5.91 Å². The second-order valence-corrected chi connectivity index (χ2v) is 13.1. The molecule has 3 atom stereocenters. The van der Waals surface area contributed by atoms with Crippen LogP contribution in [0.25, 0.3) is 0 Å². The molecular weight excluding hydrogens is 653 g/mol. The third kappa shape index (κ3) is 6.07. The predicted octanol–water partition coefficient (Wildman–Crippen LogP) is 4.70. The number of halogens is 4. The van der Waals surface area contributed by atoms with E-state index in [1.165, 1.54) is 69.4 Å². The number of hydrogen-bond acceptors (Lipinski definition) is 7. The topological polar surface area (TPSA) is 147 Å². The molecule has 2 aromatic carbocycles. The number of carbonyl (C=O) groups is 4. The summed E-state index contributed by atoms with van der Waals surface area (Å²) in [5, 5.41) is 25.0. The van der Waals surface area contributed by atoms with E-state index in [9.17, 15) is 37.9 Å². The lowest BCUT2D eigenvalue weighted by Crippen LogP contribution is -2.69. The molecule has 1 N–H and O–H groups in total. The van der Waals surface area contributed by atoms with Gasteiger partial charge in [-0.2, -0.15) is 9.74 Å². The number of imide groups is 1. The van der Waals surface area contributed by atoms with Crippen molar-refractivity contribution in [2.75, 3.05) is 16.3 Å². The van der Waals surface area contributed by atoms with Gasteiger partial charge in [-0.3, -0.25) is 14.5 Å². The van der Waals surface area contributed by atoms with Crippen molar-refractivity contribution < 1.29 is 41.9 Å². The number of hydrogen-bond donors (Lipinski definition) is 1. The van der Waals surface area contributed by atoms with Crippen molar-refractivity contribution in [1.29, 1.82) is 5.26 Å². The molecule has 250 valence electrons. The van der Waals surface area contributed by atoms with E-state index in [-0.39, 0.29) is 27.7 Å². The van der Waals surface area contributed by atoms with Crippen molar-refractivity contribution in [3.63, 3.8) is 0 Å². The molecule has 1 aliphatic heterocycles. The van der Waals surface area contributed by atoms with Gasteiger partial charge in [0.05, 0.1) is 11.6 Å². The SMILES string of the molecule is CC(C)(C)[N+]1(C(=O)[O-])CC(C(=O)N(c2cccc(F)c2)[C@H](C(=O)NC2CC(F)(F)C2)c2ccccc2Cl)N(c2cc(C#N)ccn2)C1=O. The van der Waals surface area contributed by atoms with Crippen LogP contribution in [-0.4, -0.2) is 63.5 Å². The standard InChI is InChI=1S/C33H30ClF3N6O5/c1-32(2,3)43(31(47)48)18-25(42(30(43)46)26-13-19(17-38)11-12-39-26)29(45)41(22-8-6-7-20(35)14-22)27(23-9-4-5-10-24(23)34)28(44)40-21-15-33(36,37)16-21/h4-14,21,25,27H,15-16,18H2,1-3H3,(H-,40,44,47,48)/t25?,27-,43?/m0/s1. The third-order valence-electron chi connectivity index (χ3n) is 8.62. The summed E-state index contributed by atoms with van der Waals surface area (Å²) in [6.45, 7) is 3.66. The van der Waals surface area contributed by atoms with Crippen molar-refractivity contribution >= 4 is 47.0 Å². The first-order valence-electron chi connectivity index (χ1n) is 14.8. The second kappa shape index (κ2) is 12.6. The molecule has 1 aromatic heterocycles. The Balaban J connectivity index is 1.73. The van der Waals surface area contributed by atoms with E-state index < -0.39 is 83.2 Å². The molecule has 5 amide bonds. The molecule has 5 rings (SSSR count). The van der Waals surface area contributed by atoms with Crippen LogP contribution in [0, 0.1) is 17.1 Å². The van der Waals surface area contributed by atoms with Crippen molar-refractivity contribution in [2.24, 2.45) is 0 Å². The number of nitrogens with zero attached hydrogens (tertiary/aromatic N) is 5. The summed E-state index contributed by atoms with van der Waals surface area (Å²) in [5.41, 5.74) is -1.49. The van der Waals surface area contributed by atoms with Crippen molar-refractivity contribution in [3.05, 3.63) is 88.8 Å². The minimum Gasteiger partial charge on any atom is -0.498 e. The first kappa shape index (κ1) is 34.3. The number of carboxylic acid groups (broad SMARTS) is 1. The first-order valence-corrected chi connectivity index (χ1v) is 15.2. The highest BCUT2D eigenvalue weighted by molar-refractivity contribution is 6.31. The number of alkyl halides is 2. The number of rotatable bonds is 7. The number of pyridine rings is 1. The van der Waals surface area contributed by atoms with Gasteiger partial charge < -0.3 is 15.2 Å². The second-order valence-electron chi connectivity index (χ2n) is 12.7. The monoisotopic (exact) mass is 682 g/mol. The molecule has 0 bridgehead atoms. The smallest absolute Gasteiger partial charge is 0.432 e. The van der Waals surface area contributed by atoms with Gasteiger partial charge in [-0.05, 0) is 57.2 Å². The Morgan fingerprint density at radius 2 is 1.83 bits per heavy atom. The number of anilines is 2. The molecule has 0 spiro atoms. The van der Waals surface area contributed by atoms with Crippen LogP contribution in [0.15, 0.2) is 66.9 Å². The average Bonchev–Trinajstić information content (AvgIpc) is 3.33. The number of benzene rings is 2. The number of quaternary nitrogens is 1. The summed E-state index contributed by atoms with van der Waals surface area (Å²) in [5.74, 6) is -6.03. The van der Waals surface area contributed by atoms with Crippen LogP contribution in [-0.2, 0) is 9.59 Å². The Morgan fingerprint density at radius 3 is 2.42 bits per heavy atom. The Hall–Kier alpha value is -5.00. The maximum Gasteiger partial charge on any atom is 0.432 e. The largest absolute Gasteiger partial charge is 0.498 e. The Labute approximate surface area is 278 Å². The number of nitrogens with one attached hydrogen (secondary N) is 1. The van der Waals surface area contributed by atoms with Gasteiger partial charge in [-0.1, -0.05) is 35.9 Å². The fourth-order valence-corrected chi connectivity index (χ4v) is 6.36. The lowest BCUT2D eigenvalue weighted by atomic mass is 9.87. The molecule has 15 heteroatoms. The van der Waals surface area contributed by atoms with Crippen molar-refractivity contribution in [3.8, 4) is 6.07 Å². The molecule has 11 nitrogen and oxygen atoms in total. The lowest BCUT2D eigenvalue weighted by molar-refractivity contribution is -0.838. The molecule has 1 saturated carbocycles. The van der Waals surface area contributed by atoms with E-state index in [1.807, 2.05) is 6.07 Å². The van der Waals surface area contributed by atoms with Gasteiger partial charge in [0.15, 0.2) is 6.04 Å². The Morgan fingerprint density at radius 1 is 1.15 bits per heavy atom. The highest BCUT2D eigenvalue weighted by atomic mass is 35.5. The van der Waals surface area contributed by atoms with Crippen molar-refractivity contribution in [1.82, 2.24) is 10.3 Å². The fourth-order valence-electron chi connectivity index (χ4n) is 6.12. The van der Waals surface area contributed by atoms with Gasteiger partial charge in [0, 0.05) is 41.4 Å². The van der Waals surface area contributed by atoms with Crippen LogP contribution < -0.4 is 20.2 Å². The summed E-state index contributed by atoms with van der Waals surface area (Å²) in [6, 6.07) is 9.51. The van der Waals surface area contributed by atoms with Gasteiger partial charge >= 0.3 is 6.03 Å². The summed E-state index contributed by atoms with van der Waals surface area (Å²) in [7, 11) is 0. The summed E-state index contributed by atoms with van der Waals surface area (Å²) in [4.78, 5) is 62.1. The van der Waals surface area contributed by atoms with E-state index in [4.69, 9.17) is 11.6 Å². The lowest BCUT2D eigenvalue weighted by Gasteiger charge is -2.41. The predicted molar refractivity (Wildman–Crippen MR) is 165 cm³/mol. The molecule has 2 aliphatic rings. The Bertz CT molecular complexity index is 1840. The molecule has 1 aliphatic carbocycles. The number of urea groups is 1. The van der Waals surface area contributed by atoms with Crippen molar-refractivity contribution in [2.45, 2.75) is 63.2 Å². The number of aromatic nitrogens is 1. The van der Waals surface area contributed by atoms with Gasteiger partial charge in [-0.15, -0.1) is 0 Å². The zero-order valence-corrected chi connectivity index (χ0v) is 26.7. The molecular formula is C33H30ClF3N6O5. The highest BCUT2D eigenvalue weighted by Gasteiger charge is 2.64. The summed E-state index contributed by atoms with van der Waals surface area (Å²) >= 11 is 6.54. The summed E-state index contributed by atoms with van der Waals surface area (Å²) < 4.78 is 40.9. The van der Waals surface area contributed by atoms with E-state index in [0.717, 1.165) is 21.9 Å². The normalized spacial score (nSPS) is 21.2. The van der Waals surface area contributed by atoms with Crippen LogP contribution in [0.4, 0.5) is 34.3 Å². The fraction of sp³-hybridized carbons (Fsp3) is 0.333. The molecule has 48 heavy (non-hydrogen) atoms. The maximum absolute atomic E-state index is 15.0. The maximum atomic E-state index is 15.0. The average molecular weight is 683 g/mol. The van der Waals surface area contributed by atoms with Crippen LogP contribution in [0.3, 0.4) is 0 Å².